The predicted molar refractivity (Wildman–Crippen MR) is 76.4 cm³/mol. The van der Waals surface area contributed by atoms with Crippen LogP contribution in [0.25, 0.3) is 0 Å². The molecular weight excluding hydrogens is 352 g/mol. The molecule has 0 saturated carbocycles. The Morgan fingerprint density at radius 1 is 1.71 bits per heavy atom. The van der Waals surface area contributed by atoms with E-state index >= 15 is 0 Å². The van der Waals surface area contributed by atoms with Crippen molar-refractivity contribution in [3.63, 3.8) is 0 Å². The van der Waals surface area contributed by atoms with Crippen LogP contribution in [-0.4, -0.2) is 30.0 Å². The highest BCUT2D eigenvalue weighted by molar-refractivity contribution is 14.1. The number of carbonyl (C=O) groups excluding carboxylic acids is 1. The van der Waals surface area contributed by atoms with Gasteiger partial charge in [-0.1, -0.05) is 11.6 Å². The standard InChI is InChI=1S/C11H13ClIN3O/c1-7(17)15-8-2-3-16(6-8)10-4-11(12)14-5-9(10)13/h4-5,8H,2-3,6H2,1H3,(H,15,17)/t8-/m1/s1. The van der Waals surface area contributed by atoms with Gasteiger partial charge in [-0.3, -0.25) is 4.79 Å². The summed E-state index contributed by atoms with van der Waals surface area (Å²) in [5.41, 5.74) is 1.10. The monoisotopic (exact) mass is 365 g/mol. The molecule has 2 rings (SSSR count). The number of carbonyl (C=O) groups is 1. The van der Waals surface area contributed by atoms with Crippen LogP contribution in [0.1, 0.15) is 13.3 Å². The lowest BCUT2D eigenvalue weighted by Crippen LogP contribution is -2.35. The lowest BCUT2D eigenvalue weighted by molar-refractivity contribution is -0.119. The van der Waals surface area contributed by atoms with Crippen LogP contribution < -0.4 is 10.2 Å². The minimum atomic E-state index is 0.0271. The molecule has 1 fully saturated rings. The Bertz CT molecular complexity index is 441. The van der Waals surface area contributed by atoms with E-state index in [1.54, 1.807) is 13.1 Å². The van der Waals surface area contributed by atoms with Crippen LogP contribution in [0.15, 0.2) is 12.3 Å². The fraction of sp³-hybridized carbons (Fsp3) is 0.455. The van der Waals surface area contributed by atoms with Crippen molar-refractivity contribution < 1.29 is 4.79 Å². The maximum atomic E-state index is 11.0. The molecule has 2 heterocycles. The summed E-state index contributed by atoms with van der Waals surface area (Å²) in [6.45, 7) is 3.31. The highest BCUT2D eigenvalue weighted by atomic mass is 127. The second-order valence-corrected chi connectivity index (χ2v) is 5.64. The van der Waals surface area contributed by atoms with E-state index in [2.05, 4.69) is 37.8 Å². The Kier molecular flexibility index (Phi) is 4.09. The summed E-state index contributed by atoms with van der Waals surface area (Å²) in [5.74, 6) is 0.0271. The molecule has 17 heavy (non-hydrogen) atoms. The lowest BCUT2D eigenvalue weighted by atomic mass is 10.2. The Labute approximate surface area is 119 Å². The number of hydrogen-bond acceptors (Lipinski definition) is 3. The average Bonchev–Trinajstić information content (AvgIpc) is 2.69. The van der Waals surface area contributed by atoms with Crippen molar-refractivity contribution in [2.24, 2.45) is 0 Å². The first-order chi connectivity index (χ1) is 8.06. The van der Waals surface area contributed by atoms with E-state index in [0.29, 0.717) is 5.15 Å². The number of hydrogen-bond donors (Lipinski definition) is 1. The van der Waals surface area contributed by atoms with Crippen LogP contribution in [0.3, 0.4) is 0 Å². The fourth-order valence-electron chi connectivity index (χ4n) is 2.03. The predicted octanol–water partition coefficient (Wildman–Crippen LogP) is 2.05. The molecule has 1 aliphatic rings. The van der Waals surface area contributed by atoms with Gasteiger partial charge in [-0.15, -0.1) is 0 Å². The van der Waals surface area contributed by atoms with E-state index in [4.69, 9.17) is 11.6 Å². The Morgan fingerprint density at radius 2 is 2.47 bits per heavy atom. The zero-order chi connectivity index (χ0) is 12.4. The van der Waals surface area contributed by atoms with Crippen molar-refractivity contribution >= 4 is 45.8 Å². The van der Waals surface area contributed by atoms with Crippen molar-refractivity contribution in [3.8, 4) is 0 Å². The maximum absolute atomic E-state index is 11.0. The molecule has 0 bridgehead atoms. The summed E-state index contributed by atoms with van der Waals surface area (Å²) in [6, 6.07) is 2.11. The van der Waals surface area contributed by atoms with Crippen molar-refractivity contribution in [1.82, 2.24) is 10.3 Å². The minimum Gasteiger partial charge on any atom is -0.368 e. The summed E-state index contributed by atoms with van der Waals surface area (Å²) >= 11 is 8.15. The van der Waals surface area contributed by atoms with Gasteiger partial charge in [0, 0.05) is 32.3 Å². The Hall–Kier alpha value is -0.560. The number of nitrogens with one attached hydrogen (secondary N) is 1. The SMILES string of the molecule is CC(=O)N[C@@H]1CCN(c2cc(Cl)ncc2I)C1. The van der Waals surface area contributed by atoms with Crippen LogP contribution in [0.4, 0.5) is 5.69 Å². The molecule has 1 saturated heterocycles. The third-order valence-corrected chi connectivity index (χ3v) is 3.78. The molecular formula is C11H13ClIN3O. The smallest absolute Gasteiger partial charge is 0.217 e. The summed E-state index contributed by atoms with van der Waals surface area (Å²) < 4.78 is 1.08. The molecule has 0 radical (unpaired) electrons. The summed E-state index contributed by atoms with van der Waals surface area (Å²) in [4.78, 5) is 17.3. The van der Waals surface area contributed by atoms with Gasteiger partial charge in [0.15, 0.2) is 0 Å². The molecule has 1 aromatic rings. The van der Waals surface area contributed by atoms with Gasteiger partial charge in [0.25, 0.3) is 0 Å². The lowest BCUT2D eigenvalue weighted by Gasteiger charge is -2.20. The van der Waals surface area contributed by atoms with Gasteiger partial charge < -0.3 is 10.2 Å². The third-order valence-electron chi connectivity index (χ3n) is 2.74. The topological polar surface area (TPSA) is 45.2 Å². The fourth-order valence-corrected chi connectivity index (χ4v) is 2.82. The first kappa shape index (κ1) is 12.9. The van der Waals surface area contributed by atoms with Crippen LogP contribution in [0, 0.1) is 3.57 Å². The molecule has 0 unspecified atom stereocenters. The molecule has 0 aliphatic carbocycles. The van der Waals surface area contributed by atoms with E-state index < -0.39 is 0 Å². The highest BCUT2D eigenvalue weighted by Crippen LogP contribution is 2.27. The summed E-state index contributed by atoms with van der Waals surface area (Å²) in [6.07, 6.45) is 2.74. The second kappa shape index (κ2) is 5.39. The largest absolute Gasteiger partial charge is 0.368 e. The van der Waals surface area contributed by atoms with Gasteiger partial charge in [-0.2, -0.15) is 0 Å². The normalized spacial score (nSPS) is 19.5. The van der Waals surface area contributed by atoms with E-state index in [1.165, 1.54) is 0 Å². The first-order valence-corrected chi connectivity index (χ1v) is 6.85. The molecule has 1 atom stereocenters. The van der Waals surface area contributed by atoms with Crippen molar-refractivity contribution in [2.75, 3.05) is 18.0 Å². The van der Waals surface area contributed by atoms with E-state index in [9.17, 15) is 4.79 Å². The number of halogens is 2. The third kappa shape index (κ3) is 3.22. The molecule has 4 nitrogen and oxygen atoms in total. The molecule has 6 heteroatoms. The molecule has 1 aromatic heterocycles. The quantitative estimate of drug-likeness (QED) is 0.644. The van der Waals surface area contributed by atoms with E-state index in [0.717, 1.165) is 28.8 Å². The molecule has 0 spiro atoms. The number of anilines is 1. The van der Waals surface area contributed by atoms with Gasteiger partial charge in [0.1, 0.15) is 5.15 Å². The first-order valence-electron chi connectivity index (χ1n) is 5.39. The average molecular weight is 366 g/mol. The molecule has 0 aromatic carbocycles. The second-order valence-electron chi connectivity index (χ2n) is 4.09. The Morgan fingerprint density at radius 3 is 3.18 bits per heavy atom. The maximum Gasteiger partial charge on any atom is 0.217 e. The van der Waals surface area contributed by atoms with Crippen LogP contribution >= 0.6 is 34.2 Å². The number of nitrogens with zero attached hydrogens (tertiary/aromatic N) is 2. The number of pyridine rings is 1. The van der Waals surface area contributed by atoms with Gasteiger partial charge >= 0.3 is 0 Å². The number of amides is 1. The molecule has 1 aliphatic heterocycles. The van der Waals surface area contributed by atoms with Gasteiger partial charge in [0.05, 0.1) is 9.26 Å². The van der Waals surface area contributed by atoms with Crippen molar-refractivity contribution in [1.29, 1.82) is 0 Å². The zero-order valence-electron chi connectivity index (χ0n) is 9.41. The summed E-state index contributed by atoms with van der Waals surface area (Å²) in [5, 5.41) is 3.45. The van der Waals surface area contributed by atoms with Crippen molar-refractivity contribution in [3.05, 3.63) is 21.0 Å². The molecule has 1 N–H and O–H groups in total. The highest BCUT2D eigenvalue weighted by Gasteiger charge is 2.24. The minimum absolute atomic E-state index is 0.0271. The van der Waals surface area contributed by atoms with Gasteiger partial charge in [-0.05, 0) is 35.1 Å². The Balaban J connectivity index is 2.09. The van der Waals surface area contributed by atoms with Gasteiger partial charge in [0.2, 0.25) is 5.91 Å². The van der Waals surface area contributed by atoms with Crippen LogP contribution in [0.5, 0.6) is 0 Å². The zero-order valence-corrected chi connectivity index (χ0v) is 12.3. The number of aromatic nitrogens is 1. The van der Waals surface area contributed by atoms with Gasteiger partial charge in [-0.25, -0.2) is 4.98 Å². The summed E-state index contributed by atoms with van der Waals surface area (Å²) in [7, 11) is 0. The van der Waals surface area contributed by atoms with Crippen LogP contribution in [-0.2, 0) is 4.79 Å². The number of rotatable bonds is 2. The van der Waals surface area contributed by atoms with E-state index in [1.807, 2.05) is 6.07 Å². The molecule has 1 amide bonds. The molecule has 92 valence electrons. The van der Waals surface area contributed by atoms with Crippen molar-refractivity contribution in [2.45, 2.75) is 19.4 Å². The van der Waals surface area contributed by atoms with E-state index in [-0.39, 0.29) is 11.9 Å². The van der Waals surface area contributed by atoms with Crippen LogP contribution in [0.2, 0.25) is 5.15 Å².